The molecule has 1 N–H and O–H groups in total. The standard InChI is InChI=1S/C27H28N4O4S/c1-3-4-7-24-30-26(32)25(27(33)31(24)16-13-20-6-5-14-28-18-20)36(34,35)22-10-8-21(9-11-22)23-12-15-29-17-19(23)2/h5-6,8-12,14-15,17-18,32H,3-4,7,13,16H2,1-2H3. The van der Waals surface area contributed by atoms with Crippen LogP contribution in [0, 0.1) is 6.92 Å². The summed E-state index contributed by atoms with van der Waals surface area (Å²) in [5, 5.41) is 10.6. The molecule has 3 heterocycles. The summed E-state index contributed by atoms with van der Waals surface area (Å²) >= 11 is 0. The topological polar surface area (TPSA) is 115 Å². The SMILES string of the molecule is CCCCc1nc(O)c(S(=O)(=O)c2ccc(-c3ccncc3C)cc2)c(=O)n1CCc1cccnc1. The molecule has 0 aliphatic rings. The molecular weight excluding hydrogens is 476 g/mol. The smallest absolute Gasteiger partial charge is 0.276 e. The maximum atomic E-state index is 13.5. The number of nitrogens with zero attached hydrogens (tertiary/aromatic N) is 4. The molecule has 0 amide bonds. The number of hydrogen-bond donors (Lipinski definition) is 1. The fourth-order valence-electron chi connectivity index (χ4n) is 4.08. The van der Waals surface area contributed by atoms with Gasteiger partial charge in [0.2, 0.25) is 15.7 Å². The highest BCUT2D eigenvalue weighted by Crippen LogP contribution is 2.28. The van der Waals surface area contributed by atoms with E-state index < -0.39 is 26.2 Å². The van der Waals surface area contributed by atoms with Crippen molar-refractivity contribution in [3.05, 3.63) is 94.6 Å². The third-order valence-corrected chi connectivity index (χ3v) is 7.84. The molecule has 0 aliphatic heterocycles. The number of sulfone groups is 1. The lowest BCUT2D eigenvalue weighted by atomic mass is 10.0. The summed E-state index contributed by atoms with van der Waals surface area (Å²) in [6.07, 6.45) is 9.31. The minimum Gasteiger partial charge on any atom is -0.492 e. The molecular formula is C27H28N4O4S. The highest BCUT2D eigenvalue weighted by molar-refractivity contribution is 7.91. The van der Waals surface area contributed by atoms with Crippen LogP contribution < -0.4 is 5.56 Å². The van der Waals surface area contributed by atoms with Crippen molar-refractivity contribution in [2.75, 3.05) is 0 Å². The van der Waals surface area contributed by atoms with Crippen LogP contribution in [0.4, 0.5) is 0 Å². The number of pyridine rings is 2. The Morgan fingerprint density at radius 1 is 0.972 bits per heavy atom. The van der Waals surface area contributed by atoms with Crippen LogP contribution in [0.5, 0.6) is 5.88 Å². The molecule has 0 fully saturated rings. The maximum absolute atomic E-state index is 13.5. The van der Waals surface area contributed by atoms with E-state index in [1.807, 2.05) is 26.0 Å². The van der Waals surface area contributed by atoms with E-state index in [9.17, 15) is 18.3 Å². The fraction of sp³-hybridized carbons (Fsp3) is 0.259. The Morgan fingerprint density at radius 2 is 1.72 bits per heavy atom. The molecule has 186 valence electrons. The van der Waals surface area contributed by atoms with Gasteiger partial charge in [0.1, 0.15) is 5.82 Å². The van der Waals surface area contributed by atoms with Crippen LogP contribution in [0.2, 0.25) is 0 Å². The first-order valence-corrected chi connectivity index (χ1v) is 13.3. The highest BCUT2D eigenvalue weighted by Gasteiger charge is 2.29. The summed E-state index contributed by atoms with van der Waals surface area (Å²) in [6, 6.07) is 11.8. The number of aromatic hydroxyl groups is 1. The van der Waals surface area contributed by atoms with Crippen molar-refractivity contribution in [1.82, 2.24) is 19.5 Å². The Bertz CT molecular complexity index is 1520. The van der Waals surface area contributed by atoms with Gasteiger partial charge in [-0.3, -0.25) is 19.3 Å². The van der Waals surface area contributed by atoms with Crippen LogP contribution in [0.25, 0.3) is 11.1 Å². The molecule has 0 aliphatic carbocycles. The number of unbranched alkanes of at least 4 members (excludes halogenated alkanes) is 1. The zero-order valence-electron chi connectivity index (χ0n) is 20.3. The monoisotopic (exact) mass is 504 g/mol. The van der Waals surface area contributed by atoms with E-state index in [1.165, 1.54) is 16.7 Å². The molecule has 8 nitrogen and oxygen atoms in total. The molecule has 1 aromatic carbocycles. The van der Waals surface area contributed by atoms with E-state index >= 15 is 0 Å². The number of aromatic nitrogens is 4. The summed E-state index contributed by atoms with van der Waals surface area (Å²) in [4.78, 5) is 25.1. The summed E-state index contributed by atoms with van der Waals surface area (Å²) in [5.74, 6) is -0.400. The zero-order chi connectivity index (χ0) is 25.7. The lowest BCUT2D eigenvalue weighted by molar-refractivity contribution is 0.416. The first-order chi connectivity index (χ1) is 17.3. The van der Waals surface area contributed by atoms with Gasteiger partial charge in [0, 0.05) is 37.8 Å². The van der Waals surface area contributed by atoms with E-state index in [-0.39, 0.29) is 11.4 Å². The van der Waals surface area contributed by atoms with Crippen LogP contribution >= 0.6 is 0 Å². The number of rotatable bonds is 9. The maximum Gasteiger partial charge on any atom is 0.276 e. The van der Waals surface area contributed by atoms with Crippen molar-refractivity contribution in [3.8, 4) is 17.0 Å². The number of hydrogen-bond acceptors (Lipinski definition) is 7. The van der Waals surface area contributed by atoms with Crippen LogP contribution in [-0.2, 0) is 29.2 Å². The van der Waals surface area contributed by atoms with Crippen molar-refractivity contribution in [1.29, 1.82) is 0 Å². The third-order valence-electron chi connectivity index (χ3n) is 6.05. The average Bonchev–Trinajstić information content (AvgIpc) is 2.87. The molecule has 0 unspecified atom stereocenters. The minimum absolute atomic E-state index is 0.0905. The molecule has 0 bridgehead atoms. The molecule has 4 rings (SSSR count). The Morgan fingerprint density at radius 3 is 2.39 bits per heavy atom. The van der Waals surface area contributed by atoms with Gasteiger partial charge in [-0.05, 0) is 66.3 Å². The van der Waals surface area contributed by atoms with Gasteiger partial charge < -0.3 is 5.11 Å². The molecule has 3 aromatic heterocycles. The van der Waals surface area contributed by atoms with Crippen LogP contribution in [0.1, 0.15) is 36.7 Å². The van der Waals surface area contributed by atoms with Gasteiger partial charge in [0.05, 0.1) is 4.90 Å². The van der Waals surface area contributed by atoms with E-state index in [0.29, 0.717) is 18.7 Å². The van der Waals surface area contributed by atoms with Gasteiger partial charge in [0.25, 0.3) is 5.56 Å². The Balaban J connectivity index is 1.75. The van der Waals surface area contributed by atoms with Gasteiger partial charge in [-0.2, -0.15) is 4.98 Å². The minimum atomic E-state index is -4.32. The van der Waals surface area contributed by atoms with Crippen molar-refractivity contribution >= 4 is 9.84 Å². The number of aryl methyl sites for hydroxylation is 3. The van der Waals surface area contributed by atoms with Crippen molar-refractivity contribution in [2.45, 2.75) is 55.9 Å². The van der Waals surface area contributed by atoms with Gasteiger partial charge >= 0.3 is 0 Å². The summed E-state index contributed by atoms with van der Waals surface area (Å²) in [7, 11) is -4.32. The van der Waals surface area contributed by atoms with Crippen molar-refractivity contribution in [2.24, 2.45) is 0 Å². The van der Waals surface area contributed by atoms with Crippen molar-refractivity contribution < 1.29 is 13.5 Å². The second-order valence-electron chi connectivity index (χ2n) is 8.57. The Hall–Kier alpha value is -3.85. The first kappa shape index (κ1) is 25.2. The second kappa shape index (κ2) is 10.8. The molecule has 9 heteroatoms. The van der Waals surface area contributed by atoms with Gasteiger partial charge in [-0.15, -0.1) is 0 Å². The summed E-state index contributed by atoms with van der Waals surface area (Å²) in [6.45, 7) is 4.15. The molecule has 0 saturated carbocycles. The van der Waals surface area contributed by atoms with Gasteiger partial charge in [-0.25, -0.2) is 8.42 Å². The largest absolute Gasteiger partial charge is 0.492 e. The second-order valence-corrected chi connectivity index (χ2v) is 10.5. The lowest BCUT2D eigenvalue weighted by Crippen LogP contribution is -2.31. The summed E-state index contributed by atoms with van der Waals surface area (Å²) in [5.41, 5.74) is 2.84. The van der Waals surface area contributed by atoms with Crippen LogP contribution in [0.3, 0.4) is 0 Å². The fourth-order valence-corrected chi connectivity index (χ4v) is 5.43. The van der Waals surface area contributed by atoms with E-state index in [2.05, 4.69) is 15.0 Å². The van der Waals surface area contributed by atoms with Crippen molar-refractivity contribution in [3.63, 3.8) is 0 Å². The molecule has 4 aromatic rings. The molecule has 0 atom stereocenters. The lowest BCUT2D eigenvalue weighted by Gasteiger charge is -2.15. The predicted octanol–water partition coefficient (Wildman–Crippen LogP) is 4.13. The molecule has 0 saturated heterocycles. The van der Waals surface area contributed by atoms with Crippen LogP contribution in [-0.4, -0.2) is 33.0 Å². The van der Waals surface area contributed by atoms with E-state index in [4.69, 9.17) is 0 Å². The summed E-state index contributed by atoms with van der Waals surface area (Å²) < 4.78 is 28.4. The van der Waals surface area contributed by atoms with E-state index in [0.717, 1.165) is 35.1 Å². The van der Waals surface area contributed by atoms with E-state index in [1.54, 1.807) is 43.0 Å². The molecule has 36 heavy (non-hydrogen) atoms. The highest BCUT2D eigenvalue weighted by atomic mass is 32.2. The van der Waals surface area contributed by atoms with Crippen LogP contribution in [0.15, 0.2) is 81.8 Å². The quantitative estimate of drug-likeness (QED) is 0.364. The Labute approximate surface area is 210 Å². The predicted molar refractivity (Wildman–Crippen MR) is 137 cm³/mol. The molecule has 0 radical (unpaired) electrons. The zero-order valence-corrected chi connectivity index (χ0v) is 21.1. The van der Waals surface area contributed by atoms with Gasteiger partial charge in [-0.1, -0.05) is 31.5 Å². The normalized spacial score (nSPS) is 11.5. The number of benzene rings is 1. The van der Waals surface area contributed by atoms with Gasteiger partial charge in [0.15, 0.2) is 4.90 Å². The molecule has 0 spiro atoms. The average molecular weight is 505 g/mol. The first-order valence-electron chi connectivity index (χ1n) is 11.8. The Kier molecular flexibility index (Phi) is 7.59. The third kappa shape index (κ3) is 5.21.